The van der Waals surface area contributed by atoms with Crippen LogP contribution in [-0.4, -0.2) is 12.6 Å². The van der Waals surface area contributed by atoms with E-state index in [1.165, 1.54) is 11.1 Å². The zero-order valence-corrected chi connectivity index (χ0v) is 16.3. The van der Waals surface area contributed by atoms with Gasteiger partial charge in [-0.2, -0.15) is 0 Å². The highest BCUT2D eigenvalue weighted by molar-refractivity contribution is 5.88. The van der Waals surface area contributed by atoms with Crippen LogP contribution in [0.1, 0.15) is 24.5 Å². The average molecular weight is 370 g/mol. The molecule has 142 valence electrons. The van der Waals surface area contributed by atoms with Gasteiger partial charge in [0.15, 0.2) is 0 Å². The second-order valence-corrected chi connectivity index (χ2v) is 6.80. The molecule has 0 heterocycles. The molecule has 0 spiro atoms. The number of aryl methyl sites for hydroxylation is 1. The summed E-state index contributed by atoms with van der Waals surface area (Å²) in [7, 11) is 0. The molecular formula is C26H26O2. The van der Waals surface area contributed by atoms with Crippen molar-refractivity contribution in [3.8, 4) is 11.1 Å². The van der Waals surface area contributed by atoms with E-state index < -0.39 is 0 Å². The van der Waals surface area contributed by atoms with Crippen molar-refractivity contribution in [2.24, 2.45) is 5.92 Å². The molecule has 0 fully saturated rings. The summed E-state index contributed by atoms with van der Waals surface area (Å²) in [6.07, 6.45) is 1.49. The van der Waals surface area contributed by atoms with Crippen LogP contribution in [0, 0.1) is 5.92 Å². The topological polar surface area (TPSA) is 26.3 Å². The van der Waals surface area contributed by atoms with Crippen LogP contribution in [0.3, 0.4) is 0 Å². The summed E-state index contributed by atoms with van der Waals surface area (Å²) >= 11 is 0. The Hall–Kier alpha value is -3.13. The van der Waals surface area contributed by atoms with Crippen molar-refractivity contribution in [3.05, 3.63) is 103 Å². The monoisotopic (exact) mass is 370 g/mol. The highest BCUT2D eigenvalue weighted by atomic mass is 16.5. The molecule has 1 unspecified atom stereocenters. The summed E-state index contributed by atoms with van der Waals surface area (Å²) in [5.74, 6) is -0.543. The Labute approximate surface area is 167 Å². The lowest BCUT2D eigenvalue weighted by Gasteiger charge is -2.19. The molecule has 2 nitrogen and oxygen atoms in total. The molecule has 0 radical (unpaired) electrons. The van der Waals surface area contributed by atoms with Crippen molar-refractivity contribution in [3.63, 3.8) is 0 Å². The number of benzene rings is 3. The number of esters is 1. The molecule has 3 rings (SSSR count). The first-order chi connectivity index (χ1) is 13.7. The first-order valence-electron chi connectivity index (χ1n) is 9.74. The molecule has 0 aliphatic rings. The Morgan fingerprint density at radius 2 is 1.43 bits per heavy atom. The van der Waals surface area contributed by atoms with E-state index >= 15 is 0 Å². The minimum absolute atomic E-state index is 0.199. The van der Waals surface area contributed by atoms with Crippen LogP contribution in [-0.2, 0) is 16.0 Å². The lowest BCUT2D eigenvalue weighted by atomic mass is 9.88. The molecule has 0 bridgehead atoms. The van der Waals surface area contributed by atoms with Gasteiger partial charge in [0, 0.05) is 0 Å². The largest absolute Gasteiger partial charge is 0.466 e. The third-order valence-corrected chi connectivity index (χ3v) is 4.92. The number of rotatable bonds is 8. The Balaban J connectivity index is 1.77. The minimum Gasteiger partial charge on any atom is -0.466 e. The quantitative estimate of drug-likeness (QED) is 0.443. The molecule has 0 amide bonds. The zero-order valence-electron chi connectivity index (χ0n) is 16.3. The molecule has 0 aliphatic heterocycles. The Bertz CT molecular complexity index is 896. The van der Waals surface area contributed by atoms with Crippen LogP contribution < -0.4 is 0 Å². The van der Waals surface area contributed by atoms with E-state index in [-0.39, 0.29) is 11.9 Å². The lowest BCUT2D eigenvalue weighted by molar-refractivity contribution is -0.146. The highest BCUT2D eigenvalue weighted by Crippen LogP contribution is 2.29. The van der Waals surface area contributed by atoms with Crippen LogP contribution in [0.4, 0.5) is 0 Å². The third kappa shape index (κ3) is 4.98. The van der Waals surface area contributed by atoms with Crippen molar-refractivity contribution in [1.29, 1.82) is 0 Å². The normalized spacial score (nSPS) is 11.6. The van der Waals surface area contributed by atoms with Crippen molar-refractivity contribution < 1.29 is 9.53 Å². The summed E-state index contributed by atoms with van der Waals surface area (Å²) in [4.78, 5) is 12.6. The van der Waals surface area contributed by atoms with Crippen LogP contribution in [0.25, 0.3) is 16.7 Å². The maximum atomic E-state index is 12.6. The van der Waals surface area contributed by atoms with Crippen LogP contribution in [0.5, 0.6) is 0 Å². The summed E-state index contributed by atoms with van der Waals surface area (Å²) in [6.45, 7) is 6.46. The van der Waals surface area contributed by atoms with Gasteiger partial charge in [0.05, 0.1) is 12.5 Å². The maximum absolute atomic E-state index is 12.6. The van der Waals surface area contributed by atoms with Crippen LogP contribution in [0.2, 0.25) is 0 Å². The summed E-state index contributed by atoms with van der Waals surface area (Å²) < 4.78 is 5.33. The van der Waals surface area contributed by atoms with E-state index in [1.54, 1.807) is 0 Å². The van der Waals surface area contributed by atoms with Gasteiger partial charge in [-0.15, -0.1) is 0 Å². The molecule has 0 saturated heterocycles. The van der Waals surface area contributed by atoms with Crippen molar-refractivity contribution in [2.45, 2.75) is 19.8 Å². The molecule has 0 aliphatic carbocycles. The van der Waals surface area contributed by atoms with Gasteiger partial charge in [-0.25, -0.2) is 0 Å². The van der Waals surface area contributed by atoms with E-state index in [4.69, 9.17) is 4.74 Å². The van der Waals surface area contributed by atoms with E-state index in [0.717, 1.165) is 23.1 Å². The molecule has 3 aromatic carbocycles. The molecule has 3 aromatic rings. The predicted octanol–water partition coefficient (Wildman–Crippen LogP) is 6.18. The second kappa shape index (κ2) is 9.70. The maximum Gasteiger partial charge on any atom is 0.313 e. The molecule has 2 heteroatoms. The van der Waals surface area contributed by atoms with Crippen LogP contribution >= 0.6 is 0 Å². The predicted molar refractivity (Wildman–Crippen MR) is 116 cm³/mol. The number of hydrogen-bond acceptors (Lipinski definition) is 2. The van der Waals surface area contributed by atoms with E-state index in [2.05, 4.69) is 43.0 Å². The van der Waals surface area contributed by atoms with E-state index in [9.17, 15) is 4.79 Å². The second-order valence-electron chi connectivity index (χ2n) is 6.80. The first-order valence-corrected chi connectivity index (χ1v) is 9.74. The Kier molecular flexibility index (Phi) is 6.80. The summed E-state index contributed by atoms with van der Waals surface area (Å²) in [6, 6.07) is 28.7. The van der Waals surface area contributed by atoms with Gasteiger partial charge in [-0.1, -0.05) is 91.5 Å². The van der Waals surface area contributed by atoms with Gasteiger partial charge < -0.3 is 4.74 Å². The minimum atomic E-state index is -0.345. The van der Waals surface area contributed by atoms with E-state index in [1.807, 2.05) is 55.5 Å². The summed E-state index contributed by atoms with van der Waals surface area (Å²) in [5.41, 5.74) is 5.32. The van der Waals surface area contributed by atoms with Gasteiger partial charge in [0.25, 0.3) is 0 Å². The molecule has 28 heavy (non-hydrogen) atoms. The fourth-order valence-corrected chi connectivity index (χ4v) is 3.34. The summed E-state index contributed by atoms with van der Waals surface area (Å²) in [5, 5.41) is 0. The molecule has 0 saturated carbocycles. The van der Waals surface area contributed by atoms with Gasteiger partial charge in [-0.3, -0.25) is 4.79 Å². The lowest BCUT2D eigenvalue weighted by Crippen LogP contribution is -2.20. The number of hydrogen-bond donors (Lipinski definition) is 0. The smallest absolute Gasteiger partial charge is 0.313 e. The van der Waals surface area contributed by atoms with Crippen molar-refractivity contribution in [1.82, 2.24) is 0 Å². The number of ether oxygens (including phenoxy) is 1. The SMILES string of the molecule is C=C(c1ccc(-c2ccccc2)cc1)C(CCc1ccccc1)C(=O)OCC. The molecule has 0 aromatic heterocycles. The van der Waals surface area contributed by atoms with E-state index in [0.29, 0.717) is 13.0 Å². The Morgan fingerprint density at radius 1 is 0.857 bits per heavy atom. The molecule has 0 N–H and O–H groups in total. The zero-order chi connectivity index (χ0) is 19.8. The van der Waals surface area contributed by atoms with Gasteiger partial charge >= 0.3 is 5.97 Å². The van der Waals surface area contributed by atoms with Gasteiger partial charge in [0.2, 0.25) is 0 Å². The average Bonchev–Trinajstić information content (AvgIpc) is 2.75. The fourth-order valence-electron chi connectivity index (χ4n) is 3.34. The standard InChI is InChI=1S/C26H26O2/c1-3-28-26(27)25(19-14-21-10-6-4-7-11-21)20(2)22-15-17-24(18-16-22)23-12-8-5-9-13-23/h4-13,15-18,25H,2-3,14,19H2,1H3. The van der Waals surface area contributed by atoms with Gasteiger partial charge in [0.1, 0.15) is 0 Å². The molecule has 1 atom stereocenters. The highest BCUT2D eigenvalue weighted by Gasteiger charge is 2.24. The van der Waals surface area contributed by atoms with Crippen LogP contribution in [0.15, 0.2) is 91.5 Å². The third-order valence-electron chi connectivity index (χ3n) is 4.92. The Morgan fingerprint density at radius 3 is 2.04 bits per heavy atom. The fraction of sp³-hybridized carbons (Fsp3) is 0.192. The number of carbonyl (C=O) groups is 1. The first kappa shape index (κ1) is 19.6. The molecular weight excluding hydrogens is 344 g/mol. The van der Waals surface area contributed by atoms with Crippen molar-refractivity contribution >= 4 is 11.5 Å². The van der Waals surface area contributed by atoms with Gasteiger partial charge in [-0.05, 0) is 47.6 Å². The van der Waals surface area contributed by atoms with Crippen molar-refractivity contribution in [2.75, 3.05) is 6.61 Å². The number of carbonyl (C=O) groups excluding carboxylic acids is 1.